The van der Waals surface area contributed by atoms with Crippen LogP contribution in [0, 0.1) is 0 Å². The largest absolute Gasteiger partial charge is 0.457 e. The van der Waals surface area contributed by atoms with Crippen molar-refractivity contribution in [2.75, 3.05) is 12.3 Å². The molecule has 1 aliphatic rings. The summed E-state index contributed by atoms with van der Waals surface area (Å²) in [5.41, 5.74) is 0.470. The lowest BCUT2D eigenvalue weighted by Gasteiger charge is -2.34. The third kappa shape index (κ3) is 3.83. The zero-order chi connectivity index (χ0) is 15.5. The molecular formula is C15H21NO4S. The Labute approximate surface area is 126 Å². The smallest absolute Gasteiger partial charge is 0.338 e. The number of sulfonamides is 1. The quantitative estimate of drug-likeness (QED) is 0.798. The van der Waals surface area contributed by atoms with Crippen LogP contribution in [0.4, 0.5) is 0 Å². The molecule has 0 spiro atoms. The van der Waals surface area contributed by atoms with Crippen molar-refractivity contribution in [1.82, 2.24) is 4.31 Å². The zero-order valence-electron chi connectivity index (χ0n) is 12.4. The summed E-state index contributed by atoms with van der Waals surface area (Å²) >= 11 is 0. The number of hydrogen-bond donors (Lipinski definition) is 0. The van der Waals surface area contributed by atoms with Gasteiger partial charge in [0, 0.05) is 6.54 Å². The maximum Gasteiger partial charge on any atom is 0.338 e. The highest BCUT2D eigenvalue weighted by molar-refractivity contribution is 7.89. The SMILES string of the molecule is CC(OC(=O)c1ccccc1)C(C)N1CCCCS1(=O)=O. The van der Waals surface area contributed by atoms with E-state index in [0.29, 0.717) is 18.5 Å². The predicted octanol–water partition coefficient (Wildman–Crippen LogP) is 2.05. The molecule has 116 valence electrons. The van der Waals surface area contributed by atoms with Crippen molar-refractivity contribution in [2.24, 2.45) is 0 Å². The maximum atomic E-state index is 12.1. The number of hydrogen-bond acceptors (Lipinski definition) is 4. The molecule has 0 saturated carbocycles. The van der Waals surface area contributed by atoms with Crippen LogP contribution >= 0.6 is 0 Å². The Morgan fingerprint density at radius 3 is 2.48 bits per heavy atom. The van der Waals surface area contributed by atoms with Gasteiger partial charge in [0.05, 0.1) is 17.4 Å². The first-order chi connectivity index (χ1) is 9.92. The second-order valence-electron chi connectivity index (χ2n) is 5.35. The van der Waals surface area contributed by atoms with Crippen molar-refractivity contribution in [3.63, 3.8) is 0 Å². The van der Waals surface area contributed by atoms with Crippen LogP contribution in [0.25, 0.3) is 0 Å². The molecule has 1 aromatic carbocycles. The van der Waals surface area contributed by atoms with E-state index in [1.807, 2.05) is 6.07 Å². The molecule has 0 radical (unpaired) electrons. The molecule has 5 nitrogen and oxygen atoms in total. The van der Waals surface area contributed by atoms with Gasteiger partial charge in [0.1, 0.15) is 6.10 Å². The Kier molecular flexibility index (Phi) is 5.00. The van der Waals surface area contributed by atoms with Crippen molar-refractivity contribution in [1.29, 1.82) is 0 Å². The van der Waals surface area contributed by atoms with Crippen molar-refractivity contribution >= 4 is 16.0 Å². The number of rotatable bonds is 4. The Morgan fingerprint density at radius 1 is 1.19 bits per heavy atom. The van der Waals surface area contributed by atoms with Gasteiger partial charge in [-0.15, -0.1) is 0 Å². The van der Waals surface area contributed by atoms with E-state index >= 15 is 0 Å². The second-order valence-corrected chi connectivity index (χ2v) is 7.39. The minimum absolute atomic E-state index is 0.177. The predicted molar refractivity (Wildman–Crippen MR) is 80.5 cm³/mol. The van der Waals surface area contributed by atoms with E-state index < -0.39 is 22.1 Å². The number of carbonyl (C=O) groups is 1. The fourth-order valence-corrected chi connectivity index (χ4v) is 4.30. The lowest BCUT2D eigenvalue weighted by Crippen LogP contribution is -2.48. The molecule has 0 amide bonds. The summed E-state index contributed by atoms with van der Waals surface area (Å²) in [5, 5.41) is 0. The molecule has 6 heteroatoms. The highest BCUT2D eigenvalue weighted by Crippen LogP contribution is 2.20. The Hall–Kier alpha value is -1.40. The molecule has 0 bridgehead atoms. The lowest BCUT2D eigenvalue weighted by molar-refractivity contribution is 0.0186. The van der Waals surface area contributed by atoms with Gasteiger partial charge in [-0.05, 0) is 38.8 Å². The third-order valence-corrected chi connectivity index (χ3v) is 5.86. The first kappa shape index (κ1) is 16.0. The van der Waals surface area contributed by atoms with E-state index in [4.69, 9.17) is 4.74 Å². The molecule has 1 saturated heterocycles. The van der Waals surface area contributed by atoms with Crippen LogP contribution in [-0.2, 0) is 14.8 Å². The van der Waals surface area contributed by atoms with Crippen LogP contribution in [0.3, 0.4) is 0 Å². The van der Waals surface area contributed by atoms with E-state index in [1.165, 1.54) is 4.31 Å². The van der Waals surface area contributed by atoms with Crippen LogP contribution in [0.5, 0.6) is 0 Å². The van der Waals surface area contributed by atoms with E-state index in [1.54, 1.807) is 38.1 Å². The van der Waals surface area contributed by atoms with Gasteiger partial charge in [-0.2, -0.15) is 4.31 Å². The summed E-state index contributed by atoms with van der Waals surface area (Å²) < 4.78 is 31.0. The molecule has 1 heterocycles. The van der Waals surface area contributed by atoms with Crippen LogP contribution in [0.2, 0.25) is 0 Å². The maximum absolute atomic E-state index is 12.1. The van der Waals surface area contributed by atoms with Crippen LogP contribution in [0.1, 0.15) is 37.0 Å². The van der Waals surface area contributed by atoms with Gasteiger partial charge in [0.15, 0.2) is 0 Å². The van der Waals surface area contributed by atoms with E-state index in [-0.39, 0.29) is 11.8 Å². The molecule has 2 atom stereocenters. The van der Waals surface area contributed by atoms with Crippen molar-refractivity contribution < 1.29 is 17.9 Å². The number of benzene rings is 1. The van der Waals surface area contributed by atoms with Crippen LogP contribution < -0.4 is 0 Å². The summed E-state index contributed by atoms with van der Waals surface area (Å²) in [5.74, 6) is -0.249. The summed E-state index contributed by atoms with van der Waals surface area (Å²) in [6, 6.07) is 8.35. The average Bonchev–Trinajstić information content (AvgIpc) is 2.47. The molecule has 21 heavy (non-hydrogen) atoms. The Morgan fingerprint density at radius 2 is 1.86 bits per heavy atom. The monoisotopic (exact) mass is 311 g/mol. The van der Waals surface area contributed by atoms with E-state index in [9.17, 15) is 13.2 Å². The van der Waals surface area contributed by atoms with Crippen molar-refractivity contribution in [3.8, 4) is 0 Å². The standard InChI is InChI=1S/C15H21NO4S/c1-12(16-10-6-7-11-21(16,18)19)13(2)20-15(17)14-8-4-3-5-9-14/h3-5,8-9,12-13H,6-7,10-11H2,1-2H3. The number of ether oxygens (including phenoxy) is 1. The molecule has 1 fully saturated rings. The zero-order valence-corrected chi connectivity index (χ0v) is 13.2. The molecule has 1 aromatic rings. The highest BCUT2D eigenvalue weighted by atomic mass is 32.2. The fourth-order valence-electron chi connectivity index (χ4n) is 2.41. The van der Waals surface area contributed by atoms with Gasteiger partial charge in [-0.1, -0.05) is 18.2 Å². The molecule has 2 rings (SSSR count). The van der Waals surface area contributed by atoms with Crippen molar-refractivity contribution in [2.45, 2.75) is 38.8 Å². The summed E-state index contributed by atoms with van der Waals surface area (Å²) in [7, 11) is -3.23. The first-order valence-electron chi connectivity index (χ1n) is 7.17. The van der Waals surface area contributed by atoms with Gasteiger partial charge in [0.2, 0.25) is 10.0 Å². The molecule has 0 aromatic heterocycles. The highest BCUT2D eigenvalue weighted by Gasteiger charge is 2.34. The average molecular weight is 311 g/mol. The number of esters is 1. The van der Waals surface area contributed by atoms with Gasteiger partial charge in [0.25, 0.3) is 0 Å². The Balaban J connectivity index is 2.02. The summed E-state index contributed by atoms with van der Waals surface area (Å²) in [6.45, 7) is 4.01. The second kappa shape index (κ2) is 6.58. The molecule has 0 N–H and O–H groups in total. The summed E-state index contributed by atoms with van der Waals surface area (Å²) in [6.07, 6.45) is 1.05. The third-order valence-electron chi connectivity index (χ3n) is 3.82. The first-order valence-corrected chi connectivity index (χ1v) is 8.78. The number of carbonyl (C=O) groups excluding carboxylic acids is 1. The van der Waals surface area contributed by atoms with Crippen molar-refractivity contribution in [3.05, 3.63) is 35.9 Å². The topological polar surface area (TPSA) is 63.7 Å². The van der Waals surface area contributed by atoms with Crippen LogP contribution in [0.15, 0.2) is 30.3 Å². The van der Waals surface area contributed by atoms with E-state index in [0.717, 1.165) is 6.42 Å². The van der Waals surface area contributed by atoms with Gasteiger partial charge < -0.3 is 4.74 Å². The normalized spacial score (nSPS) is 21.4. The molecule has 1 aliphatic heterocycles. The molecular weight excluding hydrogens is 290 g/mol. The molecule has 0 aliphatic carbocycles. The number of nitrogens with zero attached hydrogens (tertiary/aromatic N) is 1. The van der Waals surface area contributed by atoms with Gasteiger partial charge >= 0.3 is 5.97 Å². The minimum atomic E-state index is -3.23. The minimum Gasteiger partial charge on any atom is -0.457 e. The summed E-state index contributed by atoms with van der Waals surface area (Å²) in [4.78, 5) is 12.0. The lowest BCUT2D eigenvalue weighted by atomic mass is 10.2. The molecule has 2 unspecified atom stereocenters. The van der Waals surface area contributed by atoms with Gasteiger partial charge in [-0.25, -0.2) is 13.2 Å². The van der Waals surface area contributed by atoms with E-state index in [2.05, 4.69) is 0 Å². The van der Waals surface area contributed by atoms with Crippen LogP contribution in [-0.4, -0.2) is 43.1 Å². The van der Waals surface area contributed by atoms with Gasteiger partial charge in [-0.3, -0.25) is 0 Å². The Bertz CT molecular complexity index is 585. The fraction of sp³-hybridized carbons (Fsp3) is 0.533.